The first-order valence-electron chi connectivity index (χ1n) is 8.95. The van der Waals surface area contributed by atoms with Crippen molar-refractivity contribution in [2.75, 3.05) is 7.11 Å². The molecule has 0 N–H and O–H groups in total. The maximum absolute atomic E-state index is 12.9. The minimum absolute atomic E-state index is 0.129. The third kappa shape index (κ3) is 3.30. The number of benzene rings is 2. The lowest BCUT2D eigenvalue weighted by Gasteiger charge is -2.10. The molecule has 0 aliphatic rings. The predicted molar refractivity (Wildman–Crippen MR) is 114 cm³/mol. The number of ketones is 1. The maximum Gasteiger partial charge on any atom is 0.332 e. The standard InChI is InChI=1S/C22H18N2O4S/c1-23-20(26)19-17(14-8-10-16(28-2)11-9-14)13-29-21(19)24(22(23)27)12-18(25)15-6-4-3-5-7-15/h3-11,13H,12H2,1-2H3. The molecule has 2 aromatic heterocycles. The van der Waals surface area contributed by atoms with Crippen LogP contribution >= 0.6 is 11.3 Å². The summed E-state index contributed by atoms with van der Waals surface area (Å²) >= 11 is 1.29. The molecule has 0 fully saturated rings. The fraction of sp³-hybridized carbons (Fsp3) is 0.136. The molecule has 0 radical (unpaired) electrons. The monoisotopic (exact) mass is 406 g/mol. The van der Waals surface area contributed by atoms with E-state index in [-0.39, 0.29) is 17.9 Å². The van der Waals surface area contributed by atoms with Crippen molar-refractivity contribution >= 4 is 27.3 Å². The Morgan fingerprint density at radius 1 is 1.03 bits per heavy atom. The Kier molecular flexibility index (Phi) is 4.90. The Bertz CT molecular complexity index is 1320. The number of hydrogen-bond acceptors (Lipinski definition) is 5. The van der Waals surface area contributed by atoms with Gasteiger partial charge < -0.3 is 4.74 Å². The number of carbonyl (C=O) groups is 1. The van der Waals surface area contributed by atoms with E-state index in [9.17, 15) is 14.4 Å². The summed E-state index contributed by atoms with van der Waals surface area (Å²) < 4.78 is 7.63. The van der Waals surface area contributed by atoms with Crippen LogP contribution in [0.2, 0.25) is 0 Å². The van der Waals surface area contributed by atoms with Crippen molar-refractivity contribution in [1.29, 1.82) is 0 Å². The molecule has 7 heteroatoms. The highest BCUT2D eigenvalue weighted by atomic mass is 32.1. The largest absolute Gasteiger partial charge is 0.497 e. The second-order valence-electron chi connectivity index (χ2n) is 6.58. The molecular weight excluding hydrogens is 388 g/mol. The van der Waals surface area contributed by atoms with Gasteiger partial charge in [0.2, 0.25) is 0 Å². The molecule has 4 rings (SSSR count). The minimum atomic E-state index is -0.505. The van der Waals surface area contributed by atoms with Gasteiger partial charge >= 0.3 is 5.69 Å². The van der Waals surface area contributed by atoms with Gasteiger partial charge in [0.15, 0.2) is 5.78 Å². The van der Waals surface area contributed by atoms with Crippen LogP contribution in [-0.2, 0) is 13.6 Å². The van der Waals surface area contributed by atoms with Crippen LogP contribution in [-0.4, -0.2) is 22.0 Å². The van der Waals surface area contributed by atoms with Gasteiger partial charge in [-0.2, -0.15) is 0 Å². The first-order chi connectivity index (χ1) is 14.0. The average Bonchev–Trinajstić information content (AvgIpc) is 3.20. The number of carbonyl (C=O) groups excluding carboxylic acids is 1. The van der Waals surface area contributed by atoms with E-state index in [0.717, 1.165) is 15.7 Å². The van der Waals surface area contributed by atoms with Crippen molar-refractivity contribution in [2.24, 2.45) is 7.05 Å². The third-order valence-corrected chi connectivity index (χ3v) is 5.85. The first kappa shape index (κ1) is 18.9. The summed E-state index contributed by atoms with van der Waals surface area (Å²) in [5.74, 6) is 0.526. The van der Waals surface area contributed by atoms with E-state index in [2.05, 4.69) is 0 Å². The number of fused-ring (bicyclic) bond motifs is 1. The van der Waals surface area contributed by atoms with E-state index in [1.54, 1.807) is 31.4 Å². The minimum Gasteiger partial charge on any atom is -0.497 e. The molecule has 0 amide bonds. The van der Waals surface area contributed by atoms with Gasteiger partial charge in [-0.3, -0.25) is 18.7 Å². The fourth-order valence-electron chi connectivity index (χ4n) is 3.26. The highest BCUT2D eigenvalue weighted by molar-refractivity contribution is 7.17. The molecule has 2 aromatic carbocycles. The number of aromatic nitrogens is 2. The van der Waals surface area contributed by atoms with Crippen LogP contribution in [0.25, 0.3) is 21.3 Å². The normalized spacial score (nSPS) is 11.0. The summed E-state index contributed by atoms with van der Waals surface area (Å²) in [6, 6.07) is 16.2. The SMILES string of the molecule is COc1ccc(-c2csc3c2c(=O)n(C)c(=O)n3CC(=O)c2ccccc2)cc1. The number of thiophene rings is 1. The maximum atomic E-state index is 12.9. The summed E-state index contributed by atoms with van der Waals surface area (Å²) in [6.07, 6.45) is 0. The molecule has 0 saturated heterocycles. The smallest absolute Gasteiger partial charge is 0.332 e. The molecular formula is C22H18N2O4S. The molecule has 0 unspecified atom stereocenters. The van der Waals surface area contributed by atoms with Crippen molar-refractivity contribution in [3.63, 3.8) is 0 Å². The van der Waals surface area contributed by atoms with Crippen LogP contribution in [0.1, 0.15) is 10.4 Å². The van der Waals surface area contributed by atoms with E-state index in [4.69, 9.17) is 4.74 Å². The molecule has 0 aliphatic carbocycles. The lowest BCUT2D eigenvalue weighted by molar-refractivity contribution is 0.0971. The molecule has 29 heavy (non-hydrogen) atoms. The number of rotatable bonds is 5. The Balaban J connectivity index is 1.88. The van der Waals surface area contributed by atoms with Crippen molar-refractivity contribution in [3.05, 3.63) is 86.4 Å². The van der Waals surface area contributed by atoms with Crippen molar-refractivity contribution in [3.8, 4) is 16.9 Å². The van der Waals surface area contributed by atoms with E-state index < -0.39 is 5.69 Å². The van der Waals surface area contributed by atoms with Gasteiger partial charge in [0.05, 0.1) is 19.0 Å². The Morgan fingerprint density at radius 2 is 1.72 bits per heavy atom. The van der Waals surface area contributed by atoms with Gasteiger partial charge in [-0.15, -0.1) is 11.3 Å². The number of Topliss-reactive ketones (excluding diaryl/α,β-unsaturated/α-hetero) is 1. The zero-order valence-corrected chi connectivity index (χ0v) is 16.7. The average molecular weight is 406 g/mol. The summed E-state index contributed by atoms with van der Waals surface area (Å²) in [5.41, 5.74) is 1.21. The molecule has 0 spiro atoms. The van der Waals surface area contributed by atoms with E-state index in [1.165, 1.54) is 23.0 Å². The lowest BCUT2D eigenvalue weighted by atomic mass is 10.1. The second-order valence-corrected chi connectivity index (χ2v) is 7.44. The van der Waals surface area contributed by atoms with Crippen molar-refractivity contribution < 1.29 is 9.53 Å². The van der Waals surface area contributed by atoms with Crippen LogP contribution in [0.5, 0.6) is 5.75 Å². The Labute approximate surface area is 170 Å². The topological polar surface area (TPSA) is 70.3 Å². The third-order valence-electron chi connectivity index (χ3n) is 4.85. The van der Waals surface area contributed by atoms with Crippen LogP contribution in [0.4, 0.5) is 0 Å². The van der Waals surface area contributed by atoms with Crippen molar-refractivity contribution in [1.82, 2.24) is 9.13 Å². The summed E-state index contributed by atoms with van der Waals surface area (Å²) in [6.45, 7) is -0.129. The Morgan fingerprint density at radius 3 is 2.38 bits per heavy atom. The molecule has 146 valence electrons. The summed E-state index contributed by atoms with van der Waals surface area (Å²) in [5, 5.41) is 2.28. The zero-order chi connectivity index (χ0) is 20.5. The zero-order valence-electron chi connectivity index (χ0n) is 15.9. The first-order valence-corrected chi connectivity index (χ1v) is 9.83. The lowest BCUT2D eigenvalue weighted by Crippen LogP contribution is -2.39. The number of nitrogens with zero attached hydrogens (tertiary/aromatic N) is 2. The van der Waals surface area contributed by atoms with E-state index in [0.29, 0.717) is 21.5 Å². The van der Waals surface area contributed by atoms with Gasteiger partial charge in [0.1, 0.15) is 10.6 Å². The fourth-order valence-corrected chi connectivity index (χ4v) is 4.33. The molecule has 4 aromatic rings. The number of methoxy groups -OCH3 is 1. The van der Waals surface area contributed by atoms with Crippen LogP contribution in [0.15, 0.2) is 69.6 Å². The van der Waals surface area contributed by atoms with Crippen molar-refractivity contribution in [2.45, 2.75) is 6.54 Å². The van der Waals surface area contributed by atoms with Gasteiger partial charge in [-0.1, -0.05) is 42.5 Å². The summed E-state index contributed by atoms with van der Waals surface area (Å²) in [7, 11) is 3.02. The van der Waals surface area contributed by atoms with E-state index in [1.807, 2.05) is 35.7 Å². The molecule has 6 nitrogen and oxygen atoms in total. The molecule has 2 heterocycles. The van der Waals surface area contributed by atoms with Gasteiger partial charge in [0, 0.05) is 23.6 Å². The molecule has 0 saturated carbocycles. The quantitative estimate of drug-likeness (QED) is 0.477. The predicted octanol–water partition coefficient (Wildman–Crippen LogP) is 3.32. The second kappa shape index (κ2) is 7.52. The van der Waals surface area contributed by atoms with Crippen LogP contribution in [0.3, 0.4) is 0 Å². The van der Waals surface area contributed by atoms with Gasteiger partial charge in [-0.05, 0) is 17.7 Å². The van der Waals surface area contributed by atoms with Gasteiger partial charge in [-0.25, -0.2) is 4.79 Å². The Hall–Kier alpha value is -3.45. The van der Waals surface area contributed by atoms with Gasteiger partial charge in [0.25, 0.3) is 5.56 Å². The molecule has 0 bridgehead atoms. The van der Waals surface area contributed by atoms with Crippen LogP contribution in [0, 0.1) is 0 Å². The van der Waals surface area contributed by atoms with E-state index >= 15 is 0 Å². The highest BCUT2D eigenvalue weighted by Crippen LogP contribution is 2.32. The number of hydrogen-bond donors (Lipinski definition) is 0. The molecule has 0 aliphatic heterocycles. The number of ether oxygens (including phenoxy) is 1. The highest BCUT2D eigenvalue weighted by Gasteiger charge is 2.19. The molecule has 0 atom stereocenters. The summed E-state index contributed by atoms with van der Waals surface area (Å²) in [4.78, 5) is 38.8. The van der Waals surface area contributed by atoms with Crippen LogP contribution < -0.4 is 16.0 Å².